The number of hydrogen-bond acceptors (Lipinski definition) is 4. The maximum Gasteiger partial charge on any atom is 0.309 e. The second-order valence-corrected chi connectivity index (χ2v) is 4.97. The van der Waals surface area contributed by atoms with Gasteiger partial charge in [-0.1, -0.05) is 12.1 Å². The van der Waals surface area contributed by atoms with E-state index in [2.05, 4.69) is 16.4 Å². The Labute approximate surface area is 109 Å². The third-order valence-electron chi connectivity index (χ3n) is 2.39. The van der Waals surface area contributed by atoms with Crippen molar-refractivity contribution < 1.29 is 9.90 Å². The zero-order valence-electron chi connectivity index (χ0n) is 10.0. The first kappa shape index (κ1) is 12.6. The summed E-state index contributed by atoms with van der Waals surface area (Å²) in [7, 11) is 0. The molecule has 5 heteroatoms. The molecule has 0 amide bonds. The molecule has 4 nitrogen and oxygen atoms in total. The van der Waals surface area contributed by atoms with Gasteiger partial charge in [0.15, 0.2) is 0 Å². The topological polar surface area (TPSA) is 62.2 Å². The first-order chi connectivity index (χ1) is 8.63. The SMILES string of the molecule is Cc1cccc(NCc2nc(CC(=O)O)cs2)c1. The molecule has 94 valence electrons. The number of carbonyl (C=O) groups is 1. The molecule has 0 aliphatic rings. The van der Waals surface area contributed by atoms with E-state index in [1.54, 1.807) is 5.38 Å². The van der Waals surface area contributed by atoms with E-state index in [9.17, 15) is 4.79 Å². The second-order valence-electron chi connectivity index (χ2n) is 4.03. The molecule has 1 aromatic heterocycles. The van der Waals surface area contributed by atoms with Gasteiger partial charge in [0.1, 0.15) is 5.01 Å². The molecule has 0 atom stereocenters. The zero-order valence-corrected chi connectivity index (χ0v) is 10.8. The van der Waals surface area contributed by atoms with Crippen molar-refractivity contribution in [1.82, 2.24) is 4.98 Å². The molecule has 2 aromatic rings. The van der Waals surface area contributed by atoms with Crippen molar-refractivity contribution in [2.75, 3.05) is 5.32 Å². The summed E-state index contributed by atoms with van der Waals surface area (Å²) < 4.78 is 0. The maximum atomic E-state index is 10.5. The van der Waals surface area contributed by atoms with Gasteiger partial charge in [0, 0.05) is 11.1 Å². The first-order valence-electron chi connectivity index (χ1n) is 5.59. The lowest BCUT2D eigenvalue weighted by atomic mass is 10.2. The smallest absolute Gasteiger partial charge is 0.309 e. The number of benzene rings is 1. The lowest BCUT2D eigenvalue weighted by molar-refractivity contribution is -0.136. The minimum absolute atomic E-state index is 0.0130. The number of carboxylic acids is 1. The Hall–Kier alpha value is -1.88. The molecule has 0 aliphatic heterocycles. The molecule has 0 spiro atoms. The van der Waals surface area contributed by atoms with Crippen LogP contribution in [0.5, 0.6) is 0 Å². The molecule has 18 heavy (non-hydrogen) atoms. The largest absolute Gasteiger partial charge is 0.481 e. The van der Waals surface area contributed by atoms with Crippen molar-refractivity contribution in [1.29, 1.82) is 0 Å². The fourth-order valence-corrected chi connectivity index (χ4v) is 2.33. The van der Waals surface area contributed by atoms with E-state index >= 15 is 0 Å². The van der Waals surface area contributed by atoms with E-state index in [1.165, 1.54) is 16.9 Å². The summed E-state index contributed by atoms with van der Waals surface area (Å²) in [5.74, 6) is -0.849. The van der Waals surface area contributed by atoms with Crippen molar-refractivity contribution in [3.63, 3.8) is 0 Å². The average molecular weight is 262 g/mol. The van der Waals surface area contributed by atoms with E-state index in [0.29, 0.717) is 12.2 Å². The van der Waals surface area contributed by atoms with Crippen molar-refractivity contribution >= 4 is 23.0 Å². The second kappa shape index (κ2) is 5.64. The summed E-state index contributed by atoms with van der Waals surface area (Å²) in [5.41, 5.74) is 2.87. The predicted molar refractivity (Wildman–Crippen MR) is 72.0 cm³/mol. The van der Waals surface area contributed by atoms with Gasteiger partial charge in [0.05, 0.1) is 18.7 Å². The van der Waals surface area contributed by atoms with Crippen LogP contribution in [-0.4, -0.2) is 16.1 Å². The molecule has 1 aromatic carbocycles. The molecular formula is C13H14N2O2S. The minimum Gasteiger partial charge on any atom is -0.481 e. The predicted octanol–water partition coefficient (Wildman–Crippen LogP) is 2.69. The molecule has 0 saturated carbocycles. The van der Waals surface area contributed by atoms with Crippen molar-refractivity contribution in [3.05, 3.63) is 45.9 Å². The van der Waals surface area contributed by atoms with Crippen LogP contribution in [0.25, 0.3) is 0 Å². The lowest BCUT2D eigenvalue weighted by Crippen LogP contribution is -2.02. The van der Waals surface area contributed by atoms with Crippen LogP contribution in [0.3, 0.4) is 0 Å². The van der Waals surface area contributed by atoms with Crippen molar-refractivity contribution in [2.45, 2.75) is 19.9 Å². The van der Waals surface area contributed by atoms with Crippen LogP contribution in [0.15, 0.2) is 29.6 Å². The number of nitrogens with one attached hydrogen (secondary N) is 1. The fraction of sp³-hybridized carbons (Fsp3) is 0.231. The number of aryl methyl sites for hydroxylation is 1. The highest BCUT2D eigenvalue weighted by Crippen LogP contribution is 2.14. The first-order valence-corrected chi connectivity index (χ1v) is 6.47. The van der Waals surface area contributed by atoms with Gasteiger partial charge >= 0.3 is 5.97 Å². The number of nitrogens with zero attached hydrogens (tertiary/aromatic N) is 1. The fourth-order valence-electron chi connectivity index (χ4n) is 1.60. The number of thiazole rings is 1. The highest BCUT2D eigenvalue weighted by Gasteiger charge is 2.05. The van der Waals surface area contributed by atoms with Gasteiger partial charge in [-0.2, -0.15) is 0 Å². The molecule has 0 radical (unpaired) electrons. The van der Waals surface area contributed by atoms with E-state index in [4.69, 9.17) is 5.11 Å². The Morgan fingerprint density at radius 3 is 3.06 bits per heavy atom. The van der Waals surface area contributed by atoms with Crippen molar-refractivity contribution in [3.8, 4) is 0 Å². The molecule has 0 unspecified atom stereocenters. The number of carboxylic acid groups (broad SMARTS) is 1. The molecule has 0 bridgehead atoms. The van der Waals surface area contributed by atoms with Crippen LogP contribution in [0.2, 0.25) is 0 Å². The molecule has 0 aliphatic carbocycles. The summed E-state index contributed by atoms with van der Waals surface area (Å²) in [6.45, 7) is 2.66. The van der Waals surface area contributed by atoms with Gasteiger partial charge in [-0.15, -0.1) is 11.3 Å². The van der Waals surface area contributed by atoms with Crippen LogP contribution >= 0.6 is 11.3 Å². The lowest BCUT2D eigenvalue weighted by Gasteiger charge is -2.04. The van der Waals surface area contributed by atoms with Gasteiger partial charge in [0.2, 0.25) is 0 Å². The third-order valence-corrected chi connectivity index (χ3v) is 3.29. The molecule has 0 fully saturated rings. The average Bonchev–Trinajstić information content (AvgIpc) is 2.73. The van der Waals surface area contributed by atoms with Gasteiger partial charge < -0.3 is 10.4 Å². The zero-order chi connectivity index (χ0) is 13.0. The number of aromatic nitrogens is 1. The Balaban J connectivity index is 1.94. The van der Waals surface area contributed by atoms with Gasteiger partial charge in [-0.25, -0.2) is 4.98 Å². The van der Waals surface area contributed by atoms with Gasteiger partial charge in [-0.05, 0) is 24.6 Å². The van der Waals surface area contributed by atoms with Crippen LogP contribution in [0, 0.1) is 6.92 Å². The number of anilines is 1. The Bertz CT molecular complexity index is 551. The monoisotopic (exact) mass is 262 g/mol. The number of rotatable bonds is 5. The molecule has 0 saturated heterocycles. The maximum absolute atomic E-state index is 10.5. The van der Waals surface area contributed by atoms with Crippen LogP contribution in [0.4, 0.5) is 5.69 Å². The summed E-state index contributed by atoms with van der Waals surface area (Å²) >= 11 is 1.48. The van der Waals surface area contributed by atoms with Gasteiger partial charge in [-0.3, -0.25) is 4.79 Å². The Kier molecular flexibility index (Phi) is 3.94. The van der Waals surface area contributed by atoms with Crippen LogP contribution in [0.1, 0.15) is 16.3 Å². The summed E-state index contributed by atoms with van der Waals surface area (Å²) in [6.07, 6.45) is -0.0130. The van der Waals surface area contributed by atoms with E-state index in [1.807, 2.05) is 25.1 Å². The molecular weight excluding hydrogens is 248 g/mol. The van der Waals surface area contributed by atoms with E-state index in [0.717, 1.165) is 10.7 Å². The van der Waals surface area contributed by atoms with Gasteiger partial charge in [0.25, 0.3) is 0 Å². The third kappa shape index (κ3) is 3.56. The highest BCUT2D eigenvalue weighted by atomic mass is 32.1. The minimum atomic E-state index is -0.849. The Morgan fingerprint density at radius 2 is 2.33 bits per heavy atom. The summed E-state index contributed by atoms with van der Waals surface area (Å²) in [6, 6.07) is 8.10. The van der Waals surface area contributed by atoms with Crippen molar-refractivity contribution in [2.24, 2.45) is 0 Å². The normalized spacial score (nSPS) is 10.3. The quantitative estimate of drug-likeness (QED) is 0.869. The molecule has 2 rings (SSSR count). The number of hydrogen-bond donors (Lipinski definition) is 2. The van der Waals surface area contributed by atoms with E-state index in [-0.39, 0.29) is 6.42 Å². The van der Waals surface area contributed by atoms with Crippen LogP contribution in [-0.2, 0) is 17.8 Å². The molecule has 2 N–H and O–H groups in total. The summed E-state index contributed by atoms with van der Waals surface area (Å²) in [5, 5.41) is 14.6. The summed E-state index contributed by atoms with van der Waals surface area (Å²) in [4.78, 5) is 14.8. The Morgan fingerprint density at radius 1 is 1.50 bits per heavy atom. The number of aliphatic carboxylic acids is 1. The van der Waals surface area contributed by atoms with Crippen LogP contribution < -0.4 is 5.32 Å². The highest BCUT2D eigenvalue weighted by molar-refractivity contribution is 7.09. The standard InChI is InChI=1S/C13H14N2O2S/c1-9-3-2-4-10(5-9)14-7-12-15-11(8-18-12)6-13(16)17/h2-5,8,14H,6-7H2,1H3,(H,16,17). The molecule has 1 heterocycles. The van der Waals surface area contributed by atoms with E-state index < -0.39 is 5.97 Å².